The number of carbonyl (C=O) groups excluding carboxylic acids is 2. The molecule has 0 fully saturated rings. The topological polar surface area (TPSA) is 105 Å². The molecule has 2 aromatic carbocycles. The monoisotopic (exact) mass is 400 g/mol. The molecule has 0 aliphatic rings. The Morgan fingerprint density at radius 1 is 1.14 bits per heavy atom. The van der Waals surface area contributed by atoms with Crippen LogP contribution in [0.25, 0.3) is 10.9 Å². The summed E-state index contributed by atoms with van der Waals surface area (Å²) in [6.07, 6.45) is 3.09. The van der Waals surface area contributed by atoms with Crippen LogP contribution in [0.4, 0.5) is 0 Å². The van der Waals surface area contributed by atoms with Crippen LogP contribution >= 0.6 is 0 Å². The summed E-state index contributed by atoms with van der Waals surface area (Å²) in [6.45, 7) is 0. The number of benzene rings is 2. The Kier molecular flexibility index (Phi) is 5.51. The van der Waals surface area contributed by atoms with Gasteiger partial charge >= 0.3 is 5.97 Å². The van der Waals surface area contributed by atoms with Crippen LogP contribution in [0, 0.1) is 0 Å². The summed E-state index contributed by atoms with van der Waals surface area (Å²) in [5.41, 5.74) is 1.93. The summed E-state index contributed by atoms with van der Waals surface area (Å²) < 4.78 is 28.3. The summed E-state index contributed by atoms with van der Waals surface area (Å²) in [7, 11) is -2.20. The standard InChI is InChI=1S/C20H20N2O5S/c1-27-20(24)18(11-14-12-21-17-9-4-3-8-16(14)17)22-19(23)13-6-5-7-15(10-13)28(2,25)26/h3-10,12,18,21H,11H2,1-2H3,(H,22,23)/t18-/m0/s1. The highest BCUT2D eigenvalue weighted by Crippen LogP contribution is 2.20. The van der Waals surface area contributed by atoms with Gasteiger partial charge in [0, 0.05) is 35.3 Å². The second kappa shape index (κ2) is 7.85. The minimum Gasteiger partial charge on any atom is -0.467 e. The molecule has 0 aliphatic heterocycles. The van der Waals surface area contributed by atoms with Gasteiger partial charge in [0.15, 0.2) is 9.84 Å². The van der Waals surface area contributed by atoms with Gasteiger partial charge in [-0.3, -0.25) is 4.79 Å². The molecule has 3 rings (SSSR count). The molecule has 3 aromatic rings. The molecule has 1 atom stereocenters. The minimum absolute atomic E-state index is 0.0337. The first-order valence-corrected chi connectivity index (χ1v) is 10.4. The van der Waals surface area contributed by atoms with E-state index in [9.17, 15) is 18.0 Å². The van der Waals surface area contributed by atoms with Crippen molar-refractivity contribution < 1.29 is 22.7 Å². The fraction of sp³-hybridized carbons (Fsp3) is 0.200. The highest BCUT2D eigenvalue weighted by atomic mass is 32.2. The highest BCUT2D eigenvalue weighted by molar-refractivity contribution is 7.90. The van der Waals surface area contributed by atoms with Crippen molar-refractivity contribution in [1.29, 1.82) is 0 Å². The quantitative estimate of drug-likeness (QED) is 0.617. The van der Waals surface area contributed by atoms with E-state index < -0.39 is 27.8 Å². The van der Waals surface area contributed by atoms with E-state index in [0.717, 1.165) is 22.7 Å². The molecular weight excluding hydrogens is 380 g/mol. The van der Waals surface area contributed by atoms with Gasteiger partial charge in [0.05, 0.1) is 12.0 Å². The Balaban J connectivity index is 1.85. The van der Waals surface area contributed by atoms with E-state index in [0.29, 0.717) is 0 Å². The lowest BCUT2D eigenvalue weighted by atomic mass is 10.0. The van der Waals surface area contributed by atoms with Crippen molar-refractivity contribution in [3.63, 3.8) is 0 Å². The van der Waals surface area contributed by atoms with Gasteiger partial charge in [-0.25, -0.2) is 13.2 Å². The van der Waals surface area contributed by atoms with Gasteiger partial charge in [0.1, 0.15) is 6.04 Å². The second-order valence-corrected chi connectivity index (χ2v) is 8.43. The molecular formula is C20H20N2O5S. The zero-order valence-corrected chi connectivity index (χ0v) is 16.2. The Morgan fingerprint density at radius 2 is 1.89 bits per heavy atom. The summed E-state index contributed by atoms with van der Waals surface area (Å²) in [6, 6.07) is 12.4. The van der Waals surface area contributed by atoms with E-state index in [2.05, 4.69) is 10.3 Å². The highest BCUT2D eigenvalue weighted by Gasteiger charge is 2.24. The van der Waals surface area contributed by atoms with Gasteiger partial charge in [-0.15, -0.1) is 0 Å². The van der Waals surface area contributed by atoms with Crippen molar-refractivity contribution in [3.05, 3.63) is 65.9 Å². The number of hydrogen-bond acceptors (Lipinski definition) is 5. The number of methoxy groups -OCH3 is 1. The normalized spacial score (nSPS) is 12.5. The molecule has 1 amide bonds. The molecule has 8 heteroatoms. The molecule has 0 saturated carbocycles. The number of sulfone groups is 1. The number of amides is 1. The van der Waals surface area contributed by atoms with Crippen molar-refractivity contribution in [2.45, 2.75) is 17.4 Å². The summed E-state index contributed by atoms with van der Waals surface area (Å²) in [5.74, 6) is -1.14. The molecule has 0 radical (unpaired) electrons. The maximum absolute atomic E-state index is 12.6. The Hall–Kier alpha value is -3.13. The van der Waals surface area contributed by atoms with E-state index in [1.54, 1.807) is 6.20 Å². The van der Waals surface area contributed by atoms with E-state index in [1.807, 2.05) is 24.3 Å². The van der Waals surface area contributed by atoms with Gasteiger partial charge in [-0.2, -0.15) is 0 Å². The molecule has 0 aliphatic carbocycles. The van der Waals surface area contributed by atoms with E-state index in [4.69, 9.17) is 4.74 Å². The first-order chi connectivity index (χ1) is 13.3. The Labute approximate surface area is 162 Å². The van der Waals surface area contributed by atoms with Crippen LogP contribution in [0.5, 0.6) is 0 Å². The summed E-state index contributed by atoms with van der Waals surface area (Å²) >= 11 is 0. The molecule has 1 heterocycles. The lowest BCUT2D eigenvalue weighted by Gasteiger charge is -2.16. The summed E-state index contributed by atoms with van der Waals surface area (Å²) in [4.78, 5) is 28.0. The zero-order valence-electron chi connectivity index (χ0n) is 15.4. The molecule has 0 saturated heterocycles. The first kappa shape index (κ1) is 19.6. The number of nitrogens with one attached hydrogen (secondary N) is 2. The van der Waals surface area contributed by atoms with Crippen LogP contribution in [0.15, 0.2) is 59.6 Å². The van der Waals surface area contributed by atoms with Crippen molar-refractivity contribution in [3.8, 4) is 0 Å². The Morgan fingerprint density at radius 3 is 2.61 bits per heavy atom. The third-order valence-corrected chi connectivity index (χ3v) is 5.52. The largest absolute Gasteiger partial charge is 0.467 e. The molecule has 0 bridgehead atoms. The molecule has 146 valence electrons. The predicted octanol–water partition coefficient (Wildman–Crippen LogP) is 2.09. The molecule has 1 aromatic heterocycles. The number of aromatic amines is 1. The van der Waals surface area contributed by atoms with E-state index >= 15 is 0 Å². The number of esters is 1. The van der Waals surface area contributed by atoms with Crippen molar-refractivity contribution in [1.82, 2.24) is 10.3 Å². The smallest absolute Gasteiger partial charge is 0.328 e. The summed E-state index contributed by atoms with van der Waals surface area (Å²) in [5, 5.41) is 3.59. The van der Waals surface area contributed by atoms with Gasteiger partial charge < -0.3 is 15.0 Å². The number of carbonyl (C=O) groups is 2. The van der Waals surface area contributed by atoms with Crippen LogP contribution in [0.2, 0.25) is 0 Å². The fourth-order valence-electron chi connectivity index (χ4n) is 2.97. The van der Waals surface area contributed by atoms with Crippen LogP contribution < -0.4 is 5.32 Å². The number of ether oxygens (including phenoxy) is 1. The van der Waals surface area contributed by atoms with Gasteiger partial charge in [-0.1, -0.05) is 24.3 Å². The number of aromatic nitrogens is 1. The Bertz CT molecular complexity index is 1130. The lowest BCUT2D eigenvalue weighted by molar-refractivity contribution is -0.142. The average molecular weight is 400 g/mol. The van der Waals surface area contributed by atoms with Crippen LogP contribution in [-0.2, 0) is 25.8 Å². The SMILES string of the molecule is COC(=O)[C@H](Cc1c[nH]c2ccccc12)NC(=O)c1cccc(S(C)(=O)=O)c1. The third-order valence-electron chi connectivity index (χ3n) is 4.41. The average Bonchev–Trinajstić information content (AvgIpc) is 3.09. The van der Waals surface area contributed by atoms with Gasteiger partial charge in [0.2, 0.25) is 0 Å². The van der Waals surface area contributed by atoms with Gasteiger partial charge in [0.25, 0.3) is 5.91 Å². The van der Waals surface area contributed by atoms with Crippen LogP contribution in [0.1, 0.15) is 15.9 Å². The number of H-pyrrole nitrogens is 1. The predicted molar refractivity (Wildman–Crippen MR) is 105 cm³/mol. The number of para-hydroxylation sites is 1. The molecule has 0 unspecified atom stereocenters. The molecule has 28 heavy (non-hydrogen) atoms. The fourth-order valence-corrected chi connectivity index (χ4v) is 3.63. The molecule has 7 nitrogen and oxygen atoms in total. The lowest BCUT2D eigenvalue weighted by Crippen LogP contribution is -2.43. The number of hydrogen-bond donors (Lipinski definition) is 2. The van der Waals surface area contributed by atoms with Gasteiger partial charge in [-0.05, 0) is 29.8 Å². The number of fused-ring (bicyclic) bond motifs is 1. The molecule has 2 N–H and O–H groups in total. The zero-order chi connectivity index (χ0) is 20.3. The van der Waals surface area contributed by atoms with Crippen molar-refractivity contribution in [2.75, 3.05) is 13.4 Å². The minimum atomic E-state index is -3.45. The maximum Gasteiger partial charge on any atom is 0.328 e. The molecule has 0 spiro atoms. The van der Waals surface area contributed by atoms with Crippen LogP contribution in [0.3, 0.4) is 0 Å². The van der Waals surface area contributed by atoms with Crippen molar-refractivity contribution in [2.24, 2.45) is 0 Å². The van der Waals surface area contributed by atoms with Crippen molar-refractivity contribution >= 4 is 32.6 Å². The number of rotatable bonds is 6. The van der Waals surface area contributed by atoms with Crippen LogP contribution in [-0.4, -0.2) is 44.7 Å². The van der Waals surface area contributed by atoms with E-state index in [-0.39, 0.29) is 16.9 Å². The third kappa shape index (κ3) is 4.23. The maximum atomic E-state index is 12.6. The second-order valence-electron chi connectivity index (χ2n) is 6.41. The first-order valence-electron chi connectivity index (χ1n) is 8.53. The van der Waals surface area contributed by atoms with E-state index in [1.165, 1.54) is 31.4 Å².